The van der Waals surface area contributed by atoms with Crippen LogP contribution in [0.25, 0.3) is 0 Å². The number of ether oxygens (including phenoxy) is 1. The van der Waals surface area contributed by atoms with E-state index in [-0.39, 0.29) is 25.0 Å². The van der Waals surface area contributed by atoms with Crippen molar-refractivity contribution in [3.63, 3.8) is 0 Å². The third kappa shape index (κ3) is 6.24. The molecular formula is C23H22ClNO2. The molecule has 138 valence electrons. The van der Waals surface area contributed by atoms with Gasteiger partial charge in [-0.3, -0.25) is 4.79 Å². The van der Waals surface area contributed by atoms with E-state index in [0.717, 1.165) is 11.1 Å². The molecule has 27 heavy (non-hydrogen) atoms. The summed E-state index contributed by atoms with van der Waals surface area (Å²) >= 11 is 5.88. The number of hydrogen-bond acceptors (Lipinski definition) is 3. The summed E-state index contributed by atoms with van der Waals surface area (Å²) in [5, 5.41) is 4.14. The Hall–Kier alpha value is -2.62. The monoisotopic (exact) mass is 379 g/mol. The molecule has 0 bridgehead atoms. The Labute approximate surface area is 164 Å². The standard InChI is InChI=1S/C23H22ClNO2/c24-21-13-11-19(12-14-21)17-27-23(26)15-22(20-9-5-2-6-10-20)25-16-18-7-3-1-4-8-18/h1-14,22,25H,15-17H2. The van der Waals surface area contributed by atoms with Crippen LogP contribution in [0.1, 0.15) is 29.2 Å². The Balaban J connectivity index is 1.60. The lowest BCUT2D eigenvalue weighted by atomic mass is 10.0. The van der Waals surface area contributed by atoms with Crippen molar-refractivity contribution in [3.05, 3.63) is 107 Å². The van der Waals surface area contributed by atoms with Gasteiger partial charge in [-0.25, -0.2) is 0 Å². The van der Waals surface area contributed by atoms with E-state index in [1.54, 1.807) is 12.1 Å². The van der Waals surface area contributed by atoms with Crippen LogP contribution in [-0.2, 0) is 22.7 Å². The average Bonchev–Trinajstić information content (AvgIpc) is 2.72. The van der Waals surface area contributed by atoms with Crippen LogP contribution in [0.15, 0.2) is 84.9 Å². The molecule has 0 aliphatic rings. The second-order valence-electron chi connectivity index (χ2n) is 6.32. The number of hydrogen-bond donors (Lipinski definition) is 1. The first-order valence-corrected chi connectivity index (χ1v) is 9.31. The van der Waals surface area contributed by atoms with Crippen molar-refractivity contribution < 1.29 is 9.53 Å². The van der Waals surface area contributed by atoms with Crippen LogP contribution >= 0.6 is 11.6 Å². The third-order valence-corrected chi connectivity index (χ3v) is 4.53. The number of halogens is 1. The lowest BCUT2D eigenvalue weighted by molar-refractivity contribution is -0.145. The Bertz CT molecular complexity index is 835. The van der Waals surface area contributed by atoms with Gasteiger partial charge in [0.15, 0.2) is 0 Å². The maximum atomic E-state index is 12.4. The number of carbonyl (C=O) groups excluding carboxylic acids is 1. The molecule has 1 N–H and O–H groups in total. The summed E-state index contributed by atoms with van der Waals surface area (Å²) < 4.78 is 5.45. The van der Waals surface area contributed by atoms with Crippen LogP contribution in [0.4, 0.5) is 0 Å². The van der Waals surface area contributed by atoms with Gasteiger partial charge in [-0.05, 0) is 28.8 Å². The summed E-state index contributed by atoms with van der Waals surface area (Å²) in [6, 6.07) is 27.3. The van der Waals surface area contributed by atoms with E-state index in [0.29, 0.717) is 11.6 Å². The summed E-state index contributed by atoms with van der Waals surface area (Å²) in [6.07, 6.45) is 0.268. The molecule has 0 fully saturated rings. The van der Waals surface area contributed by atoms with Crippen molar-refractivity contribution in [1.82, 2.24) is 5.32 Å². The first-order valence-electron chi connectivity index (χ1n) is 8.93. The van der Waals surface area contributed by atoms with E-state index < -0.39 is 0 Å². The van der Waals surface area contributed by atoms with Crippen LogP contribution in [-0.4, -0.2) is 5.97 Å². The fourth-order valence-electron chi connectivity index (χ4n) is 2.80. The molecule has 1 atom stereocenters. The van der Waals surface area contributed by atoms with Crippen molar-refractivity contribution in [2.75, 3.05) is 0 Å². The van der Waals surface area contributed by atoms with Gasteiger partial charge in [0, 0.05) is 17.6 Å². The van der Waals surface area contributed by atoms with Crippen molar-refractivity contribution >= 4 is 17.6 Å². The van der Waals surface area contributed by atoms with Crippen molar-refractivity contribution in [3.8, 4) is 0 Å². The second-order valence-corrected chi connectivity index (χ2v) is 6.76. The smallest absolute Gasteiger partial charge is 0.308 e. The SMILES string of the molecule is O=C(CC(NCc1ccccc1)c1ccccc1)OCc1ccc(Cl)cc1. The molecule has 0 saturated carbocycles. The molecule has 0 radical (unpaired) electrons. The van der Waals surface area contributed by atoms with Crippen LogP contribution in [0, 0.1) is 0 Å². The first-order chi connectivity index (χ1) is 13.2. The zero-order chi connectivity index (χ0) is 18.9. The van der Waals surface area contributed by atoms with Crippen molar-refractivity contribution in [2.45, 2.75) is 25.6 Å². The van der Waals surface area contributed by atoms with Gasteiger partial charge >= 0.3 is 5.97 Å². The highest BCUT2D eigenvalue weighted by Crippen LogP contribution is 2.19. The maximum absolute atomic E-state index is 12.4. The van der Waals surface area contributed by atoms with Crippen LogP contribution in [0.2, 0.25) is 5.02 Å². The lowest BCUT2D eigenvalue weighted by Crippen LogP contribution is -2.24. The maximum Gasteiger partial charge on any atom is 0.308 e. The Morgan fingerprint density at radius 2 is 1.48 bits per heavy atom. The molecular weight excluding hydrogens is 358 g/mol. The van der Waals surface area contributed by atoms with Gasteiger partial charge in [-0.15, -0.1) is 0 Å². The minimum absolute atomic E-state index is 0.107. The predicted molar refractivity (Wildman–Crippen MR) is 108 cm³/mol. The number of benzene rings is 3. The molecule has 0 amide bonds. The summed E-state index contributed by atoms with van der Waals surface area (Å²) in [4.78, 5) is 12.4. The van der Waals surface area contributed by atoms with Gasteiger partial charge in [0.1, 0.15) is 6.61 Å². The Morgan fingerprint density at radius 1 is 0.852 bits per heavy atom. The topological polar surface area (TPSA) is 38.3 Å². The molecule has 0 spiro atoms. The van der Waals surface area contributed by atoms with Crippen LogP contribution in [0.5, 0.6) is 0 Å². The van der Waals surface area contributed by atoms with Crippen molar-refractivity contribution in [1.29, 1.82) is 0 Å². The minimum Gasteiger partial charge on any atom is -0.461 e. The summed E-state index contributed by atoms with van der Waals surface area (Å²) in [5.41, 5.74) is 3.16. The van der Waals surface area contributed by atoms with Crippen molar-refractivity contribution in [2.24, 2.45) is 0 Å². The lowest BCUT2D eigenvalue weighted by Gasteiger charge is -2.19. The molecule has 3 nitrogen and oxygen atoms in total. The van der Waals surface area contributed by atoms with E-state index >= 15 is 0 Å². The van der Waals surface area contributed by atoms with Gasteiger partial charge in [-0.1, -0.05) is 84.4 Å². The zero-order valence-corrected chi connectivity index (χ0v) is 15.7. The molecule has 4 heteroatoms. The number of rotatable bonds is 8. The fourth-order valence-corrected chi connectivity index (χ4v) is 2.93. The Morgan fingerprint density at radius 3 is 2.15 bits per heavy atom. The predicted octanol–water partition coefficient (Wildman–Crippen LogP) is 5.30. The van der Waals surface area contributed by atoms with Gasteiger partial charge < -0.3 is 10.1 Å². The molecule has 1 unspecified atom stereocenters. The number of nitrogens with one attached hydrogen (secondary N) is 1. The fraction of sp³-hybridized carbons (Fsp3) is 0.174. The van der Waals surface area contributed by atoms with E-state index in [4.69, 9.17) is 16.3 Å². The highest BCUT2D eigenvalue weighted by molar-refractivity contribution is 6.30. The first kappa shape index (κ1) is 19.2. The van der Waals surface area contributed by atoms with E-state index in [9.17, 15) is 4.79 Å². The van der Waals surface area contributed by atoms with Crippen LogP contribution in [0.3, 0.4) is 0 Å². The van der Waals surface area contributed by atoms with Gasteiger partial charge in [-0.2, -0.15) is 0 Å². The molecule has 0 aromatic heterocycles. The second kappa shape index (κ2) is 9.91. The summed E-state index contributed by atoms with van der Waals surface area (Å²) in [7, 11) is 0. The number of esters is 1. The van der Waals surface area contributed by atoms with Gasteiger partial charge in [0.2, 0.25) is 0 Å². The largest absolute Gasteiger partial charge is 0.461 e. The van der Waals surface area contributed by atoms with Crippen LogP contribution < -0.4 is 5.32 Å². The highest BCUT2D eigenvalue weighted by Gasteiger charge is 2.16. The molecule has 0 aliphatic carbocycles. The molecule has 0 heterocycles. The Kier molecular flexibility index (Phi) is 7.03. The van der Waals surface area contributed by atoms with Gasteiger partial charge in [0.25, 0.3) is 0 Å². The molecule has 3 rings (SSSR count). The van der Waals surface area contributed by atoms with E-state index in [2.05, 4.69) is 17.4 Å². The molecule has 3 aromatic rings. The van der Waals surface area contributed by atoms with Gasteiger partial charge in [0.05, 0.1) is 6.42 Å². The minimum atomic E-state index is -0.237. The third-order valence-electron chi connectivity index (χ3n) is 4.28. The summed E-state index contributed by atoms with van der Waals surface area (Å²) in [6.45, 7) is 0.932. The quantitative estimate of drug-likeness (QED) is 0.539. The number of carbonyl (C=O) groups is 1. The van der Waals surface area contributed by atoms with E-state index in [1.165, 1.54) is 5.56 Å². The average molecular weight is 380 g/mol. The molecule has 0 saturated heterocycles. The zero-order valence-electron chi connectivity index (χ0n) is 15.0. The normalized spacial score (nSPS) is 11.7. The van der Waals surface area contributed by atoms with E-state index in [1.807, 2.05) is 60.7 Å². The molecule has 3 aromatic carbocycles. The summed E-state index contributed by atoms with van der Waals surface area (Å²) in [5.74, 6) is -0.237. The highest BCUT2D eigenvalue weighted by atomic mass is 35.5. The molecule has 0 aliphatic heterocycles.